The molecule has 0 aromatic heterocycles. The van der Waals surface area contributed by atoms with Crippen molar-refractivity contribution in [3.63, 3.8) is 0 Å². The van der Waals surface area contributed by atoms with Crippen molar-refractivity contribution in [1.82, 2.24) is 0 Å². The van der Waals surface area contributed by atoms with Gasteiger partial charge in [-0.2, -0.15) is 0 Å². The number of halogens is 2. The lowest BCUT2D eigenvalue weighted by molar-refractivity contribution is 0.102. The molecule has 1 amide bonds. The second kappa shape index (κ2) is 7.33. The van der Waals surface area contributed by atoms with E-state index < -0.39 is 5.82 Å². The Kier molecular flexibility index (Phi) is 5.47. The zero-order valence-corrected chi connectivity index (χ0v) is 12.9. The van der Waals surface area contributed by atoms with E-state index in [0.29, 0.717) is 22.1 Å². The Morgan fingerprint density at radius 2 is 2.05 bits per heavy atom. The molecule has 0 heterocycles. The van der Waals surface area contributed by atoms with Crippen molar-refractivity contribution >= 4 is 27.5 Å². The first-order valence-electron chi connectivity index (χ1n) is 6.56. The number of rotatable bonds is 5. The van der Waals surface area contributed by atoms with Gasteiger partial charge in [-0.25, -0.2) is 4.39 Å². The molecule has 0 aliphatic carbocycles. The summed E-state index contributed by atoms with van der Waals surface area (Å²) in [6.07, 6.45) is 1.43. The molecule has 0 aliphatic heterocycles. The van der Waals surface area contributed by atoms with Crippen LogP contribution in [0.1, 0.15) is 22.3 Å². The van der Waals surface area contributed by atoms with Crippen molar-refractivity contribution in [2.24, 2.45) is 0 Å². The summed E-state index contributed by atoms with van der Waals surface area (Å²) in [5.41, 5.74) is 2.09. The van der Waals surface area contributed by atoms with E-state index in [1.165, 1.54) is 18.2 Å². The number of nitrogens with one attached hydrogen (secondary N) is 1. The van der Waals surface area contributed by atoms with E-state index in [0.717, 1.165) is 12.0 Å². The molecule has 2 N–H and O–H groups in total. The predicted molar refractivity (Wildman–Crippen MR) is 83.9 cm³/mol. The highest BCUT2D eigenvalue weighted by Crippen LogP contribution is 2.20. The van der Waals surface area contributed by atoms with Crippen molar-refractivity contribution in [1.29, 1.82) is 0 Å². The molecule has 21 heavy (non-hydrogen) atoms. The molecule has 2 aromatic rings. The normalized spacial score (nSPS) is 10.4. The topological polar surface area (TPSA) is 49.3 Å². The maximum absolute atomic E-state index is 13.0. The average molecular weight is 352 g/mol. The lowest BCUT2D eigenvalue weighted by Gasteiger charge is -2.08. The van der Waals surface area contributed by atoms with E-state index in [1.54, 1.807) is 6.07 Å². The first-order chi connectivity index (χ1) is 10.1. The SMILES string of the molecule is O=C(Nc1cccc(CCCO)c1)c1ccc(F)cc1Br. The highest BCUT2D eigenvalue weighted by Gasteiger charge is 2.11. The van der Waals surface area contributed by atoms with Crippen LogP contribution in [0.5, 0.6) is 0 Å². The van der Waals surface area contributed by atoms with Crippen LogP contribution in [-0.4, -0.2) is 17.6 Å². The molecule has 0 bridgehead atoms. The number of aryl methyl sites for hydroxylation is 1. The molecule has 0 spiro atoms. The van der Waals surface area contributed by atoms with Crippen LogP contribution in [0.25, 0.3) is 0 Å². The fraction of sp³-hybridized carbons (Fsp3) is 0.188. The van der Waals surface area contributed by atoms with Crippen LogP contribution in [0.15, 0.2) is 46.9 Å². The fourth-order valence-corrected chi connectivity index (χ4v) is 2.49. The molecule has 0 radical (unpaired) electrons. The minimum atomic E-state index is -0.399. The molecule has 0 fully saturated rings. The van der Waals surface area contributed by atoms with E-state index in [1.807, 2.05) is 18.2 Å². The lowest BCUT2D eigenvalue weighted by atomic mass is 10.1. The highest BCUT2D eigenvalue weighted by atomic mass is 79.9. The van der Waals surface area contributed by atoms with Gasteiger partial charge in [-0.05, 0) is 64.7 Å². The van der Waals surface area contributed by atoms with Crippen molar-refractivity contribution in [2.75, 3.05) is 11.9 Å². The Balaban J connectivity index is 2.12. The Morgan fingerprint density at radius 1 is 1.24 bits per heavy atom. The van der Waals surface area contributed by atoms with Crippen molar-refractivity contribution in [3.8, 4) is 0 Å². The number of carbonyl (C=O) groups excluding carboxylic acids is 1. The summed E-state index contributed by atoms with van der Waals surface area (Å²) in [6.45, 7) is 0.138. The molecule has 5 heteroatoms. The Bertz CT molecular complexity index is 646. The molecule has 0 aliphatic rings. The van der Waals surface area contributed by atoms with Gasteiger partial charge in [0.2, 0.25) is 0 Å². The minimum Gasteiger partial charge on any atom is -0.396 e. The number of benzene rings is 2. The Morgan fingerprint density at radius 3 is 2.76 bits per heavy atom. The van der Waals surface area contributed by atoms with E-state index in [9.17, 15) is 9.18 Å². The molecule has 3 nitrogen and oxygen atoms in total. The van der Waals surface area contributed by atoms with Gasteiger partial charge in [0, 0.05) is 16.8 Å². The molecular weight excluding hydrogens is 337 g/mol. The van der Waals surface area contributed by atoms with Crippen LogP contribution in [-0.2, 0) is 6.42 Å². The lowest BCUT2D eigenvalue weighted by Crippen LogP contribution is -2.12. The number of anilines is 1. The molecule has 110 valence electrons. The fourth-order valence-electron chi connectivity index (χ4n) is 1.96. The minimum absolute atomic E-state index is 0.138. The van der Waals surface area contributed by atoms with Crippen LogP contribution in [0, 0.1) is 5.82 Å². The van der Waals surface area contributed by atoms with Gasteiger partial charge in [0.05, 0.1) is 5.56 Å². The van der Waals surface area contributed by atoms with Gasteiger partial charge in [0.25, 0.3) is 5.91 Å². The third-order valence-corrected chi connectivity index (χ3v) is 3.64. The van der Waals surface area contributed by atoms with Gasteiger partial charge >= 0.3 is 0 Å². The van der Waals surface area contributed by atoms with Crippen molar-refractivity contribution in [2.45, 2.75) is 12.8 Å². The van der Waals surface area contributed by atoms with Crippen molar-refractivity contribution < 1.29 is 14.3 Å². The Hall–Kier alpha value is -1.72. The molecule has 0 atom stereocenters. The van der Waals surface area contributed by atoms with Gasteiger partial charge in [-0.1, -0.05) is 12.1 Å². The van der Waals surface area contributed by atoms with Gasteiger partial charge in [0.1, 0.15) is 5.82 Å². The maximum atomic E-state index is 13.0. The zero-order valence-electron chi connectivity index (χ0n) is 11.3. The van der Waals surface area contributed by atoms with Gasteiger partial charge in [0.15, 0.2) is 0 Å². The van der Waals surface area contributed by atoms with Crippen LogP contribution >= 0.6 is 15.9 Å². The first kappa shape index (κ1) is 15.7. The number of aliphatic hydroxyl groups is 1. The first-order valence-corrected chi connectivity index (χ1v) is 7.35. The third kappa shape index (κ3) is 4.37. The summed E-state index contributed by atoms with van der Waals surface area (Å²) in [6, 6.07) is 11.4. The van der Waals surface area contributed by atoms with E-state index >= 15 is 0 Å². The standard InChI is InChI=1S/C16H15BrFNO2/c17-15-10-12(18)6-7-14(15)16(21)19-13-5-1-3-11(9-13)4-2-8-20/h1,3,5-7,9-10,20H,2,4,8H2,(H,19,21). The summed E-state index contributed by atoms with van der Waals surface area (Å²) in [4.78, 5) is 12.2. The van der Waals surface area contributed by atoms with E-state index in [-0.39, 0.29) is 12.5 Å². The summed E-state index contributed by atoms with van der Waals surface area (Å²) < 4.78 is 13.4. The van der Waals surface area contributed by atoms with Gasteiger partial charge < -0.3 is 10.4 Å². The third-order valence-electron chi connectivity index (χ3n) is 2.98. The molecule has 2 rings (SSSR count). The second-order valence-electron chi connectivity index (χ2n) is 4.61. The van der Waals surface area contributed by atoms with E-state index in [2.05, 4.69) is 21.2 Å². The molecule has 2 aromatic carbocycles. The largest absolute Gasteiger partial charge is 0.396 e. The number of carbonyl (C=O) groups is 1. The second-order valence-corrected chi connectivity index (χ2v) is 5.46. The summed E-state index contributed by atoms with van der Waals surface area (Å²) in [5.74, 6) is -0.703. The molecule has 0 saturated heterocycles. The predicted octanol–water partition coefficient (Wildman–Crippen LogP) is 3.77. The summed E-state index contributed by atoms with van der Waals surface area (Å²) in [7, 11) is 0. The maximum Gasteiger partial charge on any atom is 0.256 e. The molecule has 0 saturated carbocycles. The molecular formula is C16H15BrFNO2. The highest BCUT2D eigenvalue weighted by molar-refractivity contribution is 9.10. The zero-order chi connectivity index (χ0) is 15.2. The Labute approximate surface area is 130 Å². The van der Waals surface area contributed by atoms with Crippen LogP contribution in [0.2, 0.25) is 0 Å². The quantitative estimate of drug-likeness (QED) is 0.861. The van der Waals surface area contributed by atoms with E-state index in [4.69, 9.17) is 5.11 Å². The van der Waals surface area contributed by atoms with Gasteiger partial charge in [-0.15, -0.1) is 0 Å². The monoisotopic (exact) mass is 351 g/mol. The number of amides is 1. The van der Waals surface area contributed by atoms with Crippen LogP contribution in [0.3, 0.4) is 0 Å². The summed E-state index contributed by atoms with van der Waals surface area (Å²) >= 11 is 3.18. The molecule has 0 unspecified atom stereocenters. The van der Waals surface area contributed by atoms with Crippen molar-refractivity contribution in [3.05, 3.63) is 63.9 Å². The smallest absolute Gasteiger partial charge is 0.256 e. The summed E-state index contributed by atoms with van der Waals surface area (Å²) in [5, 5.41) is 11.6. The number of hydrogen-bond donors (Lipinski definition) is 2. The number of hydrogen-bond acceptors (Lipinski definition) is 2. The van der Waals surface area contributed by atoms with Crippen LogP contribution < -0.4 is 5.32 Å². The average Bonchev–Trinajstić information content (AvgIpc) is 2.45. The van der Waals surface area contributed by atoms with Crippen LogP contribution in [0.4, 0.5) is 10.1 Å². The van der Waals surface area contributed by atoms with Gasteiger partial charge in [-0.3, -0.25) is 4.79 Å². The number of aliphatic hydroxyl groups excluding tert-OH is 1.